The Bertz CT molecular complexity index is 391. The molecule has 0 fully saturated rings. The van der Waals surface area contributed by atoms with Crippen LogP contribution < -0.4 is 0 Å². The lowest BCUT2D eigenvalue weighted by atomic mass is 10.1. The first kappa shape index (κ1) is 14.5. The van der Waals surface area contributed by atoms with Crippen molar-refractivity contribution < 1.29 is 19.1 Å². The van der Waals surface area contributed by atoms with Crippen LogP contribution in [0.3, 0.4) is 0 Å². The number of rotatable bonds is 6. The van der Waals surface area contributed by atoms with Crippen molar-refractivity contribution in [3.05, 3.63) is 35.9 Å². The van der Waals surface area contributed by atoms with Crippen molar-refractivity contribution in [3.63, 3.8) is 0 Å². The summed E-state index contributed by atoms with van der Waals surface area (Å²) in [6.07, 6.45) is -0.0114. The third-order valence-corrected chi connectivity index (χ3v) is 2.42. The highest BCUT2D eigenvalue weighted by atomic mass is 35.5. The molecule has 5 heteroatoms. The molecular formula is C13H15ClO4. The van der Waals surface area contributed by atoms with Crippen molar-refractivity contribution >= 4 is 23.5 Å². The summed E-state index contributed by atoms with van der Waals surface area (Å²) < 4.78 is 9.63. The number of ether oxygens (including phenoxy) is 2. The zero-order chi connectivity index (χ0) is 13.4. The summed E-state index contributed by atoms with van der Waals surface area (Å²) in [6.45, 7) is 1.80. The zero-order valence-electron chi connectivity index (χ0n) is 10.1. The summed E-state index contributed by atoms with van der Waals surface area (Å²) in [5.41, 5.74) is 0.904. The Balaban J connectivity index is 2.31. The molecule has 0 aliphatic carbocycles. The van der Waals surface area contributed by atoms with E-state index < -0.39 is 17.9 Å². The molecule has 18 heavy (non-hydrogen) atoms. The SMILES string of the molecule is CC(CC(=O)OCc1ccccc1)C(=O)OCCl. The van der Waals surface area contributed by atoms with E-state index in [1.54, 1.807) is 6.92 Å². The second-order valence-electron chi connectivity index (χ2n) is 3.82. The molecule has 0 heterocycles. The van der Waals surface area contributed by atoms with Crippen LogP contribution in [0.1, 0.15) is 18.9 Å². The predicted molar refractivity (Wildman–Crippen MR) is 66.8 cm³/mol. The van der Waals surface area contributed by atoms with Gasteiger partial charge in [-0.2, -0.15) is 0 Å². The Morgan fingerprint density at radius 2 is 1.89 bits per heavy atom. The van der Waals surface area contributed by atoms with Crippen LogP contribution in [-0.2, 0) is 25.7 Å². The van der Waals surface area contributed by atoms with E-state index >= 15 is 0 Å². The lowest BCUT2D eigenvalue weighted by Gasteiger charge is -2.09. The maximum absolute atomic E-state index is 11.5. The highest BCUT2D eigenvalue weighted by molar-refractivity contribution is 6.17. The molecule has 1 unspecified atom stereocenters. The minimum Gasteiger partial charge on any atom is -0.461 e. The van der Waals surface area contributed by atoms with Gasteiger partial charge in [-0.3, -0.25) is 9.59 Å². The minimum atomic E-state index is -0.549. The average Bonchev–Trinajstić information content (AvgIpc) is 2.38. The van der Waals surface area contributed by atoms with Crippen LogP contribution in [0.25, 0.3) is 0 Å². The highest BCUT2D eigenvalue weighted by Crippen LogP contribution is 2.08. The van der Waals surface area contributed by atoms with Gasteiger partial charge in [0.2, 0.25) is 0 Å². The molecule has 0 aliphatic rings. The molecule has 98 valence electrons. The number of esters is 2. The van der Waals surface area contributed by atoms with Gasteiger partial charge in [-0.15, -0.1) is 0 Å². The molecule has 0 amide bonds. The third-order valence-electron chi connectivity index (χ3n) is 2.31. The van der Waals surface area contributed by atoms with Gasteiger partial charge in [0.05, 0.1) is 12.3 Å². The fourth-order valence-corrected chi connectivity index (χ4v) is 1.43. The van der Waals surface area contributed by atoms with E-state index in [0.29, 0.717) is 0 Å². The first-order chi connectivity index (χ1) is 8.63. The first-order valence-electron chi connectivity index (χ1n) is 5.55. The highest BCUT2D eigenvalue weighted by Gasteiger charge is 2.19. The summed E-state index contributed by atoms with van der Waals surface area (Å²) in [4.78, 5) is 22.7. The molecule has 0 radical (unpaired) electrons. The molecule has 0 saturated carbocycles. The maximum Gasteiger partial charge on any atom is 0.310 e. The van der Waals surface area contributed by atoms with Gasteiger partial charge >= 0.3 is 11.9 Å². The molecule has 0 N–H and O–H groups in total. The molecule has 1 atom stereocenters. The molecule has 1 rings (SSSR count). The van der Waals surface area contributed by atoms with Crippen molar-refractivity contribution in [3.8, 4) is 0 Å². The summed E-state index contributed by atoms with van der Waals surface area (Å²) in [5, 5.41) is 0. The summed E-state index contributed by atoms with van der Waals surface area (Å²) in [6, 6.07) is 9.13. The smallest absolute Gasteiger partial charge is 0.310 e. The lowest BCUT2D eigenvalue weighted by Crippen LogP contribution is -2.19. The van der Waals surface area contributed by atoms with E-state index in [9.17, 15) is 9.59 Å². The van der Waals surface area contributed by atoms with Crippen molar-refractivity contribution in [1.82, 2.24) is 0 Å². The molecule has 0 aromatic heterocycles. The Morgan fingerprint density at radius 3 is 2.50 bits per heavy atom. The molecular weight excluding hydrogens is 256 g/mol. The monoisotopic (exact) mass is 270 g/mol. The minimum absolute atomic E-state index is 0.0114. The Kier molecular flexibility index (Phi) is 6.22. The fourth-order valence-electron chi connectivity index (χ4n) is 1.33. The lowest BCUT2D eigenvalue weighted by molar-refractivity contribution is -0.154. The largest absolute Gasteiger partial charge is 0.461 e. The van der Waals surface area contributed by atoms with Crippen LogP contribution in [-0.4, -0.2) is 18.0 Å². The van der Waals surface area contributed by atoms with Crippen molar-refractivity contribution in [2.75, 3.05) is 6.07 Å². The Hall–Kier alpha value is -1.55. The summed E-state index contributed by atoms with van der Waals surface area (Å²) in [5.74, 6) is -1.48. The molecule has 0 aliphatic heterocycles. The summed E-state index contributed by atoms with van der Waals surface area (Å²) >= 11 is 5.26. The standard InChI is InChI=1S/C13H15ClO4/c1-10(13(16)18-9-14)7-12(15)17-8-11-5-3-2-4-6-11/h2-6,10H,7-9H2,1H3. The van der Waals surface area contributed by atoms with Gasteiger partial charge in [-0.25, -0.2) is 0 Å². The molecule has 0 spiro atoms. The number of alkyl halides is 1. The van der Waals surface area contributed by atoms with E-state index in [0.717, 1.165) is 5.56 Å². The normalized spacial score (nSPS) is 11.7. The van der Waals surface area contributed by atoms with E-state index in [1.807, 2.05) is 30.3 Å². The van der Waals surface area contributed by atoms with Crippen LogP contribution in [0.15, 0.2) is 30.3 Å². The van der Waals surface area contributed by atoms with Gasteiger partial charge in [-0.05, 0) is 5.56 Å². The maximum atomic E-state index is 11.5. The van der Waals surface area contributed by atoms with E-state index in [1.165, 1.54) is 0 Å². The van der Waals surface area contributed by atoms with Crippen LogP contribution in [0.2, 0.25) is 0 Å². The van der Waals surface area contributed by atoms with Gasteiger partial charge in [0.25, 0.3) is 0 Å². The Morgan fingerprint density at radius 1 is 1.22 bits per heavy atom. The number of hydrogen-bond donors (Lipinski definition) is 0. The van der Waals surface area contributed by atoms with Gasteiger partial charge in [-0.1, -0.05) is 48.9 Å². The third kappa shape index (κ3) is 5.19. The number of hydrogen-bond acceptors (Lipinski definition) is 4. The van der Waals surface area contributed by atoms with Crippen molar-refractivity contribution in [2.45, 2.75) is 20.0 Å². The number of carbonyl (C=O) groups is 2. The van der Waals surface area contributed by atoms with Crippen LogP contribution in [0.5, 0.6) is 0 Å². The zero-order valence-corrected chi connectivity index (χ0v) is 10.9. The summed E-state index contributed by atoms with van der Waals surface area (Å²) in [7, 11) is 0. The number of carbonyl (C=O) groups excluding carboxylic acids is 2. The molecule has 1 aromatic rings. The molecule has 1 aromatic carbocycles. The second kappa shape index (κ2) is 7.71. The van der Waals surface area contributed by atoms with E-state index in [2.05, 4.69) is 4.74 Å². The van der Waals surface area contributed by atoms with Gasteiger partial charge < -0.3 is 9.47 Å². The van der Waals surface area contributed by atoms with Crippen molar-refractivity contribution in [1.29, 1.82) is 0 Å². The van der Waals surface area contributed by atoms with Gasteiger partial charge in [0.15, 0.2) is 6.07 Å². The molecule has 4 nitrogen and oxygen atoms in total. The van der Waals surface area contributed by atoms with Crippen molar-refractivity contribution in [2.24, 2.45) is 5.92 Å². The predicted octanol–water partition coefficient (Wildman–Crippen LogP) is 2.50. The Labute approximate surface area is 111 Å². The van der Waals surface area contributed by atoms with E-state index in [-0.39, 0.29) is 19.1 Å². The van der Waals surface area contributed by atoms with Gasteiger partial charge in [0, 0.05) is 0 Å². The second-order valence-corrected chi connectivity index (χ2v) is 4.04. The van der Waals surface area contributed by atoms with Crippen LogP contribution in [0.4, 0.5) is 0 Å². The molecule has 0 bridgehead atoms. The molecule has 0 saturated heterocycles. The first-order valence-corrected chi connectivity index (χ1v) is 6.09. The van der Waals surface area contributed by atoms with Crippen LogP contribution >= 0.6 is 11.6 Å². The van der Waals surface area contributed by atoms with Gasteiger partial charge in [0.1, 0.15) is 6.61 Å². The average molecular weight is 271 g/mol. The number of halogens is 1. The topological polar surface area (TPSA) is 52.6 Å². The fraction of sp³-hybridized carbons (Fsp3) is 0.385. The van der Waals surface area contributed by atoms with Crippen LogP contribution in [0, 0.1) is 5.92 Å². The number of benzene rings is 1. The quantitative estimate of drug-likeness (QED) is 0.589. The van der Waals surface area contributed by atoms with E-state index in [4.69, 9.17) is 16.3 Å².